The summed E-state index contributed by atoms with van der Waals surface area (Å²) < 4.78 is 39.5. The highest BCUT2D eigenvalue weighted by molar-refractivity contribution is 9.10. The van der Waals surface area contributed by atoms with Gasteiger partial charge in [0, 0.05) is 10.5 Å². The van der Waals surface area contributed by atoms with E-state index in [0.717, 1.165) is 24.3 Å². The number of phenolic OH excluding ortho intramolecular Hbond substituents is 1. The lowest BCUT2D eigenvalue weighted by molar-refractivity contribution is 0.102. The topological polar surface area (TPSA) is 49.3 Å². The van der Waals surface area contributed by atoms with Gasteiger partial charge < -0.3 is 10.4 Å². The first-order valence-corrected chi connectivity index (χ1v) is 6.12. The van der Waals surface area contributed by atoms with Crippen LogP contribution in [-0.4, -0.2) is 11.0 Å². The summed E-state index contributed by atoms with van der Waals surface area (Å²) in [6.07, 6.45) is 0. The van der Waals surface area contributed by atoms with Gasteiger partial charge in [0.1, 0.15) is 17.4 Å². The number of nitrogens with one attached hydrogen (secondary N) is 1. The first kappa shape index (κ1) is 14.4. The molecule has 20 heavy (non-hydrogen) atoms. The largest absolute Gasteiger partial charge is 0.507 e. The Balaban J connectivity index is 2.35. The standard InChI is InChI=1S/C13H7BrF3NO2/c14-9-4-7(16)5-10(17)12(9)18-13(20)8-3-6(15)1-2-11(8)19/h1-5,19H,(H,18,20). The van der Waals surface area contributed by atoms with Crippen LogP contribution in [-0.2, 0) is 0 Å². The molecule has 2 rings (SSSR count). The molecule has 0 spiro atoms. The van der Waals surface area contributed by atoms with Crippen LogP contribution < -0.4 is 5.32 Å². The van der Waals surface area contributed by atoms with Crippen LogP contribution in [0.4, 0.5) is 18.9 Å². The third kappa shape index (κ3) is 2.93. The van der Waals surface area contributed by atoms with Gasteiger partial charge in [-0.3, -0.25) is 4.79 Å². The van der Waals surface area contributed by atoms with Crippen molar-refractivity contribution in [2.24, 2.45) is 0 Å². The molecule has 0 radical (unpaired) electrons. The maximum atomic E-state index is 13.5. The Kier molecular flexibility index (Phi) is 3.99. The summed E-state index contributed by atoms with van der Waals surface area (Å²) in [6.45, 7) is 0. The predicted octanol–water partition coefficient (Wildman–Crippen LogP) is 3.82. The molecule has 0 atom stereocenters. The molecule has 0 bridgehead atoms. The van der Waals surface area contributed by atoms with E-state index in [9.17, 15) is 23.1 Å². The van der Waals surface area contributed by atoms with Crippen LogP contribution in [0.5, 0.6) is 5.75 Å². The van der Waals surface area contributed by atoms with E-state index in [1.807, 2.05) is 0 Å². The average Bonchev–Trinajstić information content (AvgIpc) is 2.36. The highest BCUT2D eigenvalue weighted by atomic mass is 79.9. The van der Waals surface area contributed by atoms with E-state index in [0.29, 0.717) is 6.07 Å². The van der Waals surface area contributed by atoms with Crippen LogP contribution in [0.15, 0.2) is 34.8 Å². The van der Waals surface area contributed by atoms with Crippen molar-refractivity contribution in [2.75, 3.05) is 5.32 Å². The Hall–Kier alpha value is -2.02. The SMILES string of the molecule is O=C(Nc1c(F)cc(F)cc1Br)c1cc(F)ccc1O. The van der Waals surface area contributed by atoms with Gasteiger partial charge in [-0.15, -0.1) is 0 Å². The molecule has 0 aromatic heterocycles. The number of aromatic hydroxyl groups is 1. The normalized spacial score (nSPS) is 10.4. The molecule has 0 aliphatic rings. The van der Waals surface area contributed by atoms with E-state index < -0.39 is 29.1 Å². The quantitative estimate of drug-likeness (QED) is 0.869. The number of phenols is 1. The Bertz CT molecular complexity index is 668. The zero-order valence-corrected chi connectivity index (χ0v) is 11.3. The second-order valence-corrected chi connectivity index (χ2v) is 4.71. The maximum absolute atomic E-state index is 13.5. The fourth-order valence-corrected chi connectivity index (χ4v) is 2.04. The smallest absolute Gasteiger partial charge is 0.259 e. The van der Waals surface area contributed by atoms with Crippen molar-refractivity contribution in [3.63, 3.8) is 0 Å². The van der Waals surface area contributed by atoms with E-state index in [2.05, 4.69) is 21.2 Å². The summed E-state index contributed by atoms with van der Waals surface area (Å²) in [6, 6.07) is 4.33. The van der Waals surface area contributed by atoms with Crippen LogP contribution in [0, 0.1) is 17.5 Å². The maximum Gasteiger partial charge on any atom is 0.259 e. The molecular weight excluding hydrogens is 339 g/mol. The van der Waals surface area contributed by atoms with Crippen LogP contribution in [0.2, 0.25) is 0 Å². The molecule has 2 N–H and O–H groups in total. The van der Waals surface area contributed by atoms with Crippen LogP contribution in [0.25, 0.3) is 0 Å². The van der Waals surface area contributed by atoms with Gasteiger partial charge in [-0.2, -0.15) is 0 Å². The third-order valence-corrected chi connectivity index (χ3v) is 3.07. The molecule has 0 unspecified atom stereocenters. The first-order chi connectivity index (χ1) is 9.38. The van der Waals surface area contributed by atoms with E-state index >= 15 is 0 Å². The summed E-state index contributed by atoms with van der Waals surface area (Å²) in [4.78, 5) is 11.9. The van der Waals surface area contributed by atoms with Crippen molar-refractivity contribution < 1.29 is 23.1 Å². The number of hydrogen-bond acceptors (Lipinski definition) is 2. The Morgan fingerprint density at radius 3 is 2.45 bits per heavy atom. The first-order valence-electron chi connectivity index (χ1n) is 5.33. The van der Waals surface area contributed by atoms with E-state index in [1.165, 1.54) is 0 Å². The second-order valence-electron chi connectivity index (χ2n) is 3.86. The van der Waals surface area contributed by atoms with Gasteiger partial charge in [-0.05, 0) is 40.2 Å². The minimum Gasteiger partial charge on any atom is -0.507 e. The number of carbonyl (C=O) groups is 1. The number of benzene rings is 2. The molecule has 104 valence electrons. The lowest BCUT2D eigenvalue weighted by Crippen LogP contribution is -2.14. The van der Waals surface area contributed by atoms with Gasteiger partial charge in [0.2, 0.25) is 0 Å². The molecule has 2 aromatic carbocycles. The Morgan fingerprint density at radius 1 is 1.10 bits per heavy atom. The molecular formula is C13H7BrF3NO2. The van der Waals surface area contributed by atoms with Gasteiger partial charge >= 0.3 is 0 Å². The number of halogens is 4. The van der Waals surface area contributed by atoms with E-state index in [-0.39, 0.29) is 15.7 Å². The molecule has 0 saturated heterocycles. The van der Waals surface area contributed by atoms with Crippen molar-refractivity contribution in [2.45, 2.75) is 0 Å². The van der Waals surface area contributed by atoms with Gasteiger partial charge in [-0.25, -0.2) is 13.2 Å². The predicted molar refractivity (Wildman–Crippen MR) is 70.1 cm³/mol. The summed E-state index contributed by atoms with van der Waals surface area (Å²) in [7, 11) is 0. The molecule has 1 amide bonds. The van der Waals surface area contributed by atoms with E-state index in [4.69, 9.17) is 0 Å². The number of hydrogen-bond donors (Lipinski definition) is 2. The van der Waals surface area contributed by atoms with Gasteiger partial charge in [-0.1, -0.05) is 0 Å². The summed E-state index contributed by atoms with van der Waals surface area (Å²) in [5.41, 5.74) is -0.666. The van der Waals surface area contributed by atoms with Gasteiger partial charge in [0.25, 0.3) is 5.91 Å². The molecule has 0 fully saturated rings. The van der Waals surface area contributed by atoms with Crippen LogP contribution in [0.1, 0.15) is 10.4 Å². The monoisotopic (exact) mass is 345 g/mol. The van der Waals surface area contributed by atoms with Crippen molar-refractivity contribution in [1.82, 2.24) is 0 Å². The average molecular weight is 346 g/mol. The van der Waals surface area contributed by atoms with E-state index in [1.54, 1.807) is 0 Å². The van der Waals surface area contributed by atoms with Crippen molar-refractivity contribution in [1.29, 1.82) is 0 Å². The van der Waals surface area contributed by atoms with Gasteiger partial charge in [0.05, 0.1) is 11.3 Å². The van der Waals surface area contributed by atoms with Gasteiger partial charge in [0.15, 0.2) is 5.82 Å². The molecule has 0 saturated carbocycles. The minimum atomic E-state index is -0.999. The number of anilines is 1. The van der Waals surface area contributed by atoms with Crippen molar-refractivity contribution in [3.8, 4) is 5.75 Å². The fourth-order valence-electron chi connectivity index (χ4n) is 1.53. The third-order valence-electron chi connectivity index (χ3n) is 2.45. The van der Waals surface area contributed by atoms with Crippen molar-refractivity contribution in [3.05, 3.63) is 57.8 Å². The van der Waals surface area contributed by atoms with Crippen LogP contribution in [0.3, 0.4) is 0 Å². The second kappa shape index (κ2) is 5.54. The molecule has 7 heteroatoms. The zero-order valence-electron chi connectivity index (χ0n) is 9.75. The minimum absolute atomic E-state index is 0.0146. The van der Waals surface area contributed by atoms with Crippen LogP contribution >= 0.6 is 15.9 Å². The highest BCUT2D eigenvalue weighted by Crippen LogP contribution is 2.28. The highest BCUT2D eigenvalue weighted by Gasteiger charge is 2.17. The molecule has 2 aromatic rings. The summed E-state index contributed by atoms with van der Waals surface area (Å²) in [5.74, 6) is -3.93. The number of rotatable bonds is 2. The molecule has 3 nitrogen and oxygen atoms in total. The lowest BCUT2D eigenvalue weighted by Gasteiger charge is -2.10. The summed E-state index contributed by atoms with van der Waals surface area (Å²) in [5, 5.41) is 11.6. The molecule has 0 aliphatic heterocycles. The lowest BCUT2D eigenvalue weighted by atomic mass is 10.1. The zero-order chi connectivity index (χ0) is 14.9. The van der Waals surface area contributed by atoms with Crippen molar-refractivity contribution >= 4 is 27.5 Å². The number of amides is 1. The summed E-state index contributed by atoms with van der Waals surface area (Å²) >= 11 is 2.90. The Morgan fingerprint density at radius 2 is 1.80 bits per heavy atom. The molecule has 0 heterocycles. The molecule has 0 aliphatic carbocycles. The fraction of sp³-hybridized carbons (Fsp3) is 0. The number of carbonyl (C=O) groups excluding carboxylic acids is 1. The Labute approximate surface area is 120 Å².